The average molecular weight is 336 g/mol. The lowest BCUT2D eigenvalue weighted by atomic mass is 10.2. The van der Waals surface area contributed by atoms with Crippen LogP contribution >= 0.6 is 22.9 Å². The summed E-state index contributed by atoms with van der Waals surface area (Å²) in [5, 5.41) is 5.04. The van der Waals surface area contributed by atoms with Gasteiger partial charge >= 0.3 is 5.97 Å². The van der Waals surface area contributed by atoms with Gasteiger partial charge in [0.15, 0.2) is 5.01 Å². The normalized spacial score (nSPS) is 10.8. The summed E-state index contributed by atoms with van der Waals surface area (Å²) in [4.78, 5) is 28.4. The average Bonchev–Trinajstić information content (AvgIpc) is 2.88. The van der Waals surface area contributed by atoms with Gasteiger partial charge in [0.2, 0.25) is 4.96 Å². The van der Waals surface area contributed by atoms with Crippen LogP contribution in [-0.4, -0.2) is 20.6 Å². The Morgan fingerprint density at radius 2 is 2.23 bits per heavy atom. The fraction of sp³-hybridized carbons (Fsp3) is 0.143. The van der Waals surface area contributed by atoms with E-state index in [0.717, 1.165) is 0 Å². The zero-order valence-electron chi connectivity index (χ0n) is 11.4. The summed E-state index contributed by atoms with van der Waals surface area (Å²) in [5.74, 6) is -0.502. The van der Waals surface area contributed by atoms with Gasteiger partial charge in [0.25, 0.3) is 5.56 Å². The van der Waals surface area contributed by atoms with E-state index in [1.807, 2.05) is 0 Å². The maximum absolute atomic E-state index is 11.9. The molecule has 0 spiro atoms. The van der Waals surface area contributed by atoms with Crippen molar-refractivity contribution in [2.75, 3.05) is 0 Å². The molecule has 0 atom stereocenters. The number of carbonyl (C=O) groups excluding carboxylic acids is 1. The van der Waals surface area contributed by atoms with E-state index in [9.17, 15) is 9.59 Å². The Labute approximate surface area is 133 Å². The molecule has 0 N–H and O–H groups in total. The molecule has 2 heterocycles. The molecule has 0 unspecified atom stereocenters. The Morgan fingerprint density at radius 3 is 3.00 bits per heavy atom. The molecule has 0 aliphatic heterocycles. The third-order valence-electron chi connectivity index (χ3n) is 2.80. The zero-order valence-corrected chi connectivity index (χ0v) is 13.0. The van der Waals surface area contributed by atoms with Gasteiger partial charge in [0.05, 0.1) is 5.56 Å². The number of aromatic nitrogens is 3. The molecule has 1 aromatic carbocycles. The van der Waals surface area contributed by atoms with Crippen molar-refractivity contribution < 1.29 is 9.53 Å². The predicted octanol–water partition coefficient (Wildman–Crippen LogP) is 2.47. The highest BCUT2D eigenvalue weighted by Crippen LogP contribution is 2.15. The number of hydrogen-bond donors (Lipinski definition) is 0. The number of carbonyl (C=O) groups is 1. The van der Waals surface area contributed by atoms with E-state index in [1.165, 1.54) is 28.0 Å². The van der Waals surface area contributed by atoms with Crippen molar-refractivity contribution in [3.05, 3.63) is 62.0 Å². The number of esters is 1. The van der Waals surface area contributed by atoms with Gasteiger partial charge in [0, 0.05) is 16.8 Å². The summed E-state index contributed by atoms with van der Waals surface area (Å²) < 4.78 is 6.37. The van der Waals surface area contributed by atoms with Gasteiger partial charge in [-0.3, -0.25) is 4.79 Å². The largest absolute Gasteiger partial charge is 0.455 e. The molecule has 8 heteroatoms. The van der Waals surface area contributed by atoms with E-state index in [1.54, 1.807) is 25.1 Å². The van der Waals surface area contributed by atoms with E-state index in [0.29, 0.717) is 26.2 Å². The minimum Gasteiger partial charge on any atom is -0.455 e. The molecule has 0 radical (unpaired) electrons. The molecule has 0 fully saturated rings. The SMILES string of the molecule is Cc1cc(=O)n2nc(COC(=O)c3cccc(Cl)c3)sc2n1. The van der Waals surface area contributed by atoms with Gasteiger partial charge in [0.1, 0.15) is 6.61 Å². The molecular formula is C14H10ClN3O3S. The number of hydrogen-bond acceptors (Lipinski definition) is 6. The van der Waals surface area contributed by atoms with Gasteiger partial charge < -0.3 is 4.74 Å². The quantitative estimate of drug-likeness (QED) is 0.687. The van der Waals surface area contributed by atoms with E-state index < -0.39 is 5.97 Å². The van der Waals surface area contributed by atoms with Gasteiger partial charge in [-0.2, -0.15) is 9.61 Å². The lowest BCUT2D eigenvalue weighted by Crippen LogP contribution is -2.14. The first kappa shape index (κ1) is 14.7. The zero-order chi connectivity index (χ0) is 15.7. The molecule has 3 rings (SSSR count). The minimum atomic E-state index is -0.502. The minimum absolute atomic E-state index is 0.0299. The predicted molar refractivity (Wildman–Crippen MR) is 82.4 cm³/mol. The molecular weight excluding hydrogens is 326 g/mol. The Kier molecular flexibility index (Phi) is 3.91. The summed E-state index contributed by atoms with van der Waals surface area (Å²) in [6, 6.07) is 7.88. The van der Waals surface area contributed by atoms with Crippen LogP contribution in [0, 0.1) is 6.92 Å². The molecule has 0 aliphatic rings. The van der Waals surface area contributed by atoms with Crippen LogP contribution in [0.3, 0.4) is 0 Å². The van der Waals surface area contributed by atoms with E-state index in [-0.39, 0.29) is 12.2 Å². The molecule has 3 aromatic rings. The molecule has 22 heavy (non-hydrogen) atoms. The highest BCUT2D eigenvalue weighted by atomic mass is 35.5. The number of fused-ring (bicyclic) bond motifs is 1. The van der Waals surface area contributed by atoms with Crippen LogP contribution in [0.5, 0.6) is 0 Å². The monoisotopic (exact) mass is 335 g/mol. The van der Waals surface area contributed by atoms with E-state index in [2.05, 4.69) is 10.1 Å². The molecule has 0 saturated heterocycles. The summed E-state index contributed by atoms with van der Waals surface area (Å²) in [5.41, 5.74) is 0.724. The van der Waals surface area contributed by atoms with Crippen LogP contribution in [0.4, 0.5) is 0 Å². The van der Waals surface area contributed by atoms with Crippen molar-refractivity contribution in [2.24, 2.45) is 0 Å². The van der Waals surface area contributed by atoms with Crippen molar-refractivity contribution >= 4 is 33.9 Å². The number of ether oxygens (including phenoxy) is 1. The van der Waals surface area contributed by atoms with Crippen LogP contribution in [0.25, 0.3) is 4.96 Å². The van der Waals surface area contributed by atoms with Gasteiger partial charge in [-0.15, -0.1) is 0 Å². The smallest absolute Gasteiger partial charge is 0.338 e. The first-order valence-corrected chi connectivity index (χ1v) is 7.51. The second kappa shape index (κ2) is 5.86. The van der Waals surface area contributed by atoms with Crippen molar-refractivity contribution in [1.82, 2.24) is 14.6 Å². The number of benzene rings is 1. The number of rotatable bonds is 3. The van der Waals surface area contributed by atoms with Gasteiger partial charge in [-0.05, 0) is 25.1 Å². The van der Waals surface area contributed by atoms with Gasteiger partial charge in [-0.25, -0.2) is 9.78 Å². The molecule has 2 aromatic heterocycles. The molecule has 0 amide bonds. The number of halogens is 1. The second-order valence-electron chi connectivity index (χ2n) is 4.51. The summed E-state index contributed by atoms with van der Waals surface area (Å²) in [6.45, 7) is 1.71. The number of nitrogens with zero attached hydrogens (tertiary/aromatic N) is 3. The third-order valence-corrected chi connectivity index (χ3v) is 3.92. The Bertz CT molecular complexity index is 919. The maximum Gasteiger partial charge on any atom is 0.338 e. The first-order valence-electron chi connectivity index (χ1n) is 6.32. The summed E-state index contributed by atoms with van der Waals surface area (Å²) in [6.07, 6.45) is 0. The topological polar surface area (TPSA) is 73.6 Å². The molecule has 6 nitrogen and oxygen atoms in total. The maximum atomic E-state index is 11.9. The molecule has 0 aliphatic carbocycles. The molecule has 0 bridgehead atoms. The highest BCUT2D eigenvalue weighted by Gasteiger charge is 2.12. The van der Waals surface area contributed by atoms with Crippen molar-refractivity contribution in [3.8, 4) is 0 Å². The number of aryl methyl sites for hydroxylation is 1. The Hall–Kier alpha value is -2.25. The highest BCUT2D eigenvalue weighted by molar-refractivity contribution is 7.16. The Morgan fingerprint density at radius 1 is 1.41 bits per heavy atom. The van der Waals surface area contributed by atoms with Crippen molar-refractivity contribution in [1.29, 1.82) is 0 Å². The van der Waals surface area contributed by atoms with E-state index in [4.69, 9.17) is 16.3 Å². The van der Waals surface area contributed by atoms with Crippen LogP contribution in [-0.2, 0) is 11.3 Å². The first-order chi connectivity index (χ1) is 10.5. The lowest BCUT2D eigenvalue weighted by molar-refractivity contribution is 0.0471. The molecule has 112 valence electrons. The van der Waals surface area contributed by atoms with Gasteiger partial charge in [-0.1, -0.05) is 29.0 Å². The lowest BCUT2D eigenvalue weighted by Gasteiger charge is -2.02. The fourth-order valence-electron chi connectivity index (χ4n) is 1.84. The fourth-order valence-corrected chi connectivity index (χ4v) is 2.89. The van der Waals surface area contributed by atoms with Crippen LogP contribution < -0.4 is 5.56 Å². The summed E-state index contributed by atoms with van der Waals surface area (Å²) in [7, 11) is 0. The molecule has 0 saturated carbocycles. The van der Waals surface area contributed by atoms with Crippen LogP contribution in [0.2, 0.25) is 5.02 Å². The van der Waals surface area contributed by atoms with E-state index >= 15 is 0 Å². The third kappa shape index (κ3) is 3.00. The van der Waals surface area contributed by atoms with Crippen molar-refractivity contribution in [2.45, 2.75) is 13.5 Å². The van der Waals surface area contributed by atoms with Crippen LogP contribution in [0.1, 0.15) is 21.1 Å². The Balaban J connectivity index is 1.78. The van der Waals surface area contributed by atoms with Crippen LogP contribution in [0.15, 0.2) is 35.1 Å². The summed E-state index contributed by atoms with van der Waals surface area (Å²) >= 11 is 7.03. The second-order valence-corrected chi connectivity index (χ2v) is 5.99. The van der Waals surface area contributed by atoms with Crippen molar-refractivity contribution in [3.63, 3.8) is 0 Å². The standard InChI is InChI=1S/C14H10ClN3O3S/c1-8-5-12(19)18-14(16-8)22-11(17-18)7-21-13(20)9-3-2-4-10(15)6-9/h2-6H,7H2,1H3.